The van der Waals surface area contributed by atoms with Gasteiger partial charge in [0.15, 0.2) is 0 Å². The van der Waals surface area contributed by atoms with Crippen LogP contribution in [0.3, 0.4) is 0 Å². The van der Waals surface area contributed by atoms with E-state index in [-0.39, 0.29) is 0 Å². The molecule has 1 heterocycles. The van der Waals surface area contributed by atoms with Gasteiger partial charge >= 0.3 is 0 Å². The van der Waals surface area contributed by atoms with Gasteiger partial charge in [0, 0.05) is 25.1 Å². The number of anilines is 2. The monoisotopic (exact) mass is 355 g/mol. The minimum Gasteiger partial charge on any atom is -0.497 e. The smallest absolute Gasteiger partial charge is 0.224 e. The number of hydrogen-bond donors (Lipinski definition) is 2. The molecule has 3 rings (SSSR count). The third kappa shape index (κ3) is 5.59. The predicted molar refractivity (Wildman–Crippen MR) is 106 cm³/mol. The topological polar surface area (TPSA) is 62.3 Å². The Morgan fingerprint density at radius 1 is 1.15 bits per heavy atom. The lowest BCUT2D eigenvalue weighted by Gasteiger charge is -2.13. The van der Waals surface area contributed by atoms with Crippen LogP contribution in [0.2, 0.25) is 0 Å². The molecule has 1 fully saturated rings. The van der Waals surface area contributed by atoms with Gasteiger partial charge in [0.05, 0.1) is 12.8 Å². The van der Waals surface area contributed by atoms with Crippen molar-refractivity contribution in [3.05, 3.63) is 41.6 Å². The Bertz CT molecular complexity index is 715. The third-order valence-corrected chi connectivity index (χ3v) is 4.41. The van der Waals surface area contributed by atoms with Crippen LogP contribution < -0.4 is 15.4 Å². The van der Waals surface area contributed by atoms with Crippen molar-refractivity contribution in [2.45, 2.75) is 31.7 Å². The van der Waals surface area contributed by atoms with E-state index in [0.717, 1.165) is 48.3 Å². The second-order valence-corrected chi connectivity index (χ2v) is 7.06. The van der Waals surface area contributed by atoms with E-state index in [1.54, 1.807) is 7.11 Å². The van der Waals surface area contributed by atoms with Crippen LogP contribution in [0, 0.1) is 0 Å². The van der Waals surface area contributed by atoms with Gasteiger partial charge in [-0.2, -0.15) is 4.98 Å². The molecule has 140 valence electrons. The molecule has 0 atom stereocenters. The van der Waals surface area contributed by atoms with Crippen molar-refractivity contribution in [2.24, 2.45) is 0 Å². The quantitative estimate of drug-likeness (QED) is 0.638. The maximum atomic E-state index is 5.29. The van der Waals surface area contributed by atoms with Gasteiger partial charge in [-0.1, -0.05) is 12.1 Å². The second-order valence-electron chi connectivity index (χ2n) is 7.06. The Labute approximate surface area is 156 Å². The Hall–Kier alpha value is -2.34. The van der Waals surface area contributed by atoms with Crippen LogP contribution in [0.15, 0.2) is 30.3 Å². The molecule has 1 aromatic heterocycles. The van der Waals surface area contributed by atoms with E-state index in [4.69, 9.17) is 9.72 Å². The van der Waals surface area contributed by atoms with E-state index >= 15 is 0 Å². The molecule has 0 amide bonds. The van der Waals surface area contributed by atoms with Gasteiger partial charge in [0.2, 0.25) is 5.95 Å². The SMILES string of the molecule is COc1cccc(CNc2cc(C3CC3)nc(NCCCN(C)C)n2)c1. The molecule has 26 heavy (non-hydrogen) atoms. The molecule has 2 N–H and O–H groups in total. The van der Waals surface area contributed by atoms with E-state index in [1.165, 1.54) is 12.8 Å². The molecule has 1 aromatic carbocycles. The molecule has 0 unspecified atom stereocenters. The normalized spacial score (nSPS) is 13.7. The summed E-state index contributed by atoms with van der Waals surface area (Å²) in [7, 11) is 5.86. The lowest BCUT2D eigenvalue weighted by molar-refractivity contribution is 0.405. The molecule has 6 nitrogen and oxygen atoms in total. The number of aromatic nitrogens is 2. The summed E-state index contributed by atoms with van der Waals surface area (Å²) in [4.78, 5) is 11.5. The first-order valence-corrected chi connectivity index (χ1v) is 9.28. The van der Waals surface area contributed by atoms with E-state index in [2.05, 4.69) is 46.7 Å². The summed E-state index contributed by atoms with van der Waals surface area (Å²) in [6, 6.07) is 10.2. The summed E-state index contributed by atoms with van der Waals surface area (Å²) in [5.41, 5.74) is 2.31. The maximum absolute atomic E-state index is 5.29. The zero-order chi connectivity index (χ0) is 18.4. The van der Waals surface area contributed by atoms with Gasteiger partial charge in [0.25, 0.3) is 0 Å². The summed E-state index contributed by atoms with van der Waals surface area (Å²) in [6.45, 7) is 2.64. The first kappa shape index (κ1) is 18.5. The van der Waals surface area contributed by atoms with Crippen molar-refractivity contribution in [1.29, 1.82) is 0 Å². The first-order valence-electron chi connectivity index (χ1n) is 9.28. The Balaban J connectivity index is 1.63. The van der Waals surface area contributed by atoms with Gasteiger partial charge in [0.1, 0.15) is 11.6 Å². The van der Waals surface area contributed by atoms with E-state index in [9.17, 15) is 0 Å². The van der Waals surface area contributed by atoms with Crippen molar-refractivity contribution in [3.8, 4) is 5.75 Å². The fourth-order valence-electron chi connectivity index (χ4n) is 2.79. The van der Waals surface area contributed by atoms with Crippen molar-refractivity contribution in [2.75, 3.05) is 44.9 Å². The van der Waals surface area contributed by atoms with Crippen molar-refractivity contribution >= 4 is 11.8 Å². The van der Waals surface area contributed by atoms with Gasteiger partial charge in [-0.05, 0) is 57.6 Å². The molecule has 0 aliphatic heterocycles. The van der Waals surface area contributed by atoms with Gasteiger partial charge in [-0.25, -0.2) is 4.98 Å². The highest BCUT2D eigenvalue weighted by Gasteiger charge is 2.26. The summed E-state index contributed by atoms with van der Waals surface area (Å²) < 4.78 is 5.29. The van der Waals surface area contributed by atoms with Crippen molar-refractivity contribution in [1.82, 2.24) is 14.9 Å². The minimum atomic E-state index is 0.595. The number of ether oxygens (including phenoxy) is 1. The van der Waals surface area contributed by atoms with Crippen LogP contribution in [0.5, 0.6) is 5.75 Å². The molecular formula is C20H29N5O. The Morgan fingerprint density at radius 2 is 2.00 bits per heavy atom. The molecule has 2 aromatic rings. The van der Waals surface area contributed by atoms with E-state index in [1.807, 2.05) is 18.2 Å². The highest BCUT2D eigenvalue weighted by molar-refractivity contribution is 5.45. The number of rotatable bonds is 10. The summed E-state index contributed by atoms with van der Waals surface area (Å²) in [5, 5.41) is 6.80. The fourth-order valence-corrected chi connectivity index (χ4v) is 2.79. The summed E-state index contributed by atoms with van der Waals surface area (Å²) in [5.74, 6) is 3.06. The van der Waals surface area contributed by atoms with Gasteiger partial charge < -0.3 is 20.3 Å². The largest absolute Gasteiger partial charge is 0.497 e. The molecule has 1 aliphatic rings. The molecule has 1 aliphatic carbocycles. The molecule has 6 heteroatoms. The number of nitrogens with zero attached hydrogens (tertiary/aromatic N) is 3. The van der Waals surface area contributed by atoms with E-state index in [0.29, 0.717) is 12.5 Å². The maximum Gasteiger partial charge on any atom is 0.224 e. The lowest BCUT2D eigenvalue weighted by Crippen LogP contribution is -2.17. The minimum absolute atomic E-state index is 0.595. The highest BCUT2D eigenvalue weighted by Crippen LogP contribution is 2.39. The van der Waals surface area contributed by atoms with Gasteiger partial charge in [-0.3, -0.25) is 0 Å². The molecule has 0 bridgehead atoms. The number of benzene rings is 1. The van der Waals surface area contributed by atoms with Gasteiger partial charge in [-0.15, -0.1) is 0 Å². The van der Waals surface area contributed by atoms with Crippen LogP contribution >= 0.6 is 0 Å². The average Bonchev–Trinajstić information content (AvgIpc) is 3.49. The zero-order valence-electron chi connectivity index (χ0n) is 16.0. The molecule has 1 saturated carbocycles. The van der Waals surface area contributed by atoms with Crippen molar-refractivity contribution in [3.63, 3.8) is 0 Å². The molecule has 0 saturated heterocycles. The summed E-state index contributed by atoms with van der Waals surface area (Å²) in [6.07, 6.45) is 3.52. The lowest BCUT2D eigenvalue weighted by atomic mass is 10.2. The van der Waals surface area contributed by atoms with Crippen LogP contribution in [0.25, 0.3) is 0 Å². The Morgan fingerprint density at radius 3 is 2.73 bits per heavy atom. The zero-order valence-corrected chi connectivity index (χ0v) is 16.0. The first-order chi connectivity index (χ1) is 12.6. The average molecular weight is 355 g/mol. The Kier molecular flexibility index (Phi) is 6.28. The van der Waals surface area contributed by atoms with Crippen LogP contribution in [-0.4, -0.2) is 49.2 Å². The standard InChI is InChI=1S/C20H29N5O/c1-25(2)11-5-10-21-20-23-18(16-8-9-16)13-19(24-20)22-14-15-6-4-7-17(12-15)26-3/h4,6-7,12-13,16H,5,8-11,14H2,1-3H3,(H2,21,22,23,24). The van der Waals surface area contributed by atoms with Crippen LogP contribution in [-0.2, 0) is 6.54 Å². The highest BCUT2D eigenvalue weighted by atomic mass is 16.5. The molecule has 0 spiro atoms. The fraction of sp³-hybridized carbons (Fsp3) is 0.500. The van der Waals surface area contributed by atoms with Crippen LogP contribution in [0.4, 0.5) is 11.8 Å². The number of methoxy groups -OCH3 is 1. The van der Waals surface area contributed by atoms with Crippen molar-refractivity contribution < 1.29 is 4.74 Å². The number of nitrogens with one attached hydrogen (secondary N) is 2. The molecule has 0 radical (unpaired) electrons. The predicted octanol–water partition coefficient (Wildman–Crippen LogP) is 3.34. The second kappa shape index (κ2) is 8.85. The molecular weight excluding hydrogens is 326 g/mol. The van der Waals surface area contributed by atoms with Crippen LogP contribution in [0.1, 0.15) is 36.4 Å². The summed E-state index contributed by atoms with van der Waals surface area (Å²) >= 11 is 0. The third-order valence-electron chi connectivity index (χ3n) is 4.41. The van der Waals surface area contributed by atoms with E-state index < -0.39 is 0 Å². The number of hydrogen-bond acceptors (Lipinski definition) is 6.